The molecule has 0 bridgehead atoms. The van der Waals surface area contributed by atoms with Gasteiger partial charge in [0.2, 0.25) is 11.0 Å². The molecule has 5 nitrogen and oxygen atoms in total. The molecule has 0 spiro atoms. The summed E-state index contributed by atoms with van der Waals surface area (Å²) in [6.07, 6.45) is 0. The zero-order valence-corrected chi connectivity index (χ0v) is 19.5. The fourth-order valence-electron chi connectivity index (χ4n) is 3.31. The lowest BCUT2D eigenvalue weighted by molar-refractivity contribution is 0.429. The fraction of sp³-hybridized carbons (Fsp3) is 0.125. The summed E-state index contributed by atoms with van der Waals surface area (Å²) in [4.78, 5) is 0. The minimum atomic E-state index is 0.0514. The maximum Gasteiger partial charge on any atom is 0.221 e. The number of nitrogens with zero attached hydrogens (tertiary/aromatic N) is 3. The summed E-state index contributed by atoms with van der Waals surface area (Å²) < 4.78 is 2.72. The molecule has 4 aromatic rings. The lowest BCUT2D eigenvalue weighted by atomic mass is 10.1. The van der Waals surface area contributed by atoms with E-state index in [4.69, 9.17) is 12.2 Å². The van der Waals surface area contributed by atoms with E-state index >= 15 is 0 Å². The number of anilines is 1. The molecule has 0 aliphatic rings. The molecule has 0 saturated carbocycles. The third-order valence-corrected chi connectivity index (χ3v) is 5.65. The second-order valence-electron chi connectivity index (χ2n) is 7.40. The molecule has 0 amide bonds. The van der Waals surface area contributed by atoms with Gasteiger partial charge in [0.1, 0.15) is 0 Å². The van der Waals surface area contributed by atoms with Crippen molar-refractivity contribution in [1.29, 1.82) is 0 Å². The van der Waals surface area contributed by atoms with Crippen LogP contribution < -0.4 is 5.32 Å². The van der Waals surface area contributed by atoms with E-state index in [1.54, 1.807) is 0 Å². The van der Waals surface area contributed by atoms with Gasteiger partial charge in [-0.3, -0.25) is 0 Å². The molecule has 0 saturated heterocycles. The Balaban J connectivity index is 1.66. The van der Waals surface area contributed by atoms with Gasteiger partial charge in [-0.2, -0.15) is 0 Å². The number of hydrogen-bond donors (Lipinski definition) is 2. The lowest BCUT2D eigenvalue weighted by Gasteiger charge is -2.07. The SMILES string of the molecule is Cc1ccc(Cn2c(O)c(N=NC(=S)Nc3ccc(C)cc3)c3cc(Br)ccc32)cc1. The minimum absolute atomic E-state index is 0.0514. The Morgan fingerprint density at radius 3 is 2.32 bits per heavy atom. The highest BCUT2D eigenvalue weighted by Crippen LogP contribution is 2.40. The molecule has 2 N–H and O–H groups in total. The average molecular weight is 493 g/mol. The van der Waals surface area contributed by atoms with Gasteiger partial charge in [-0.05, 0) is 62.0 Å². The van der Waals surface area contributed by atoms with Crippen LogP contribution in [-0.2, 0) is 6.54 Å². The standard InChI is InChI=1S/C24H21BrN4OS/c1-15-3-7-17(8-4-15)14-29-21-12-9-18(25)13-20(21)22(23(29)30)27-28-24(31)26-19-10-5-16(2)6-11-19/h3-13,30H,14H2,1-2H3,(H,26,31). The van der Waals surface area contributed by atoms with E-state index in [9.17, 15) is 5.11 Å². The van der Waals surface area contributed by atoms with Crippen molar-refractivity contribution < 1.29 is 5.11 Å². The molecule has 0 unspecified atom stereocenters. The maximum atomic E-state index is 11.0. The van der Waals surface area contributed by atoms with Gasteiger partial charge in [0.25, 0.3) is 0 Å². The van der Waals surface area contributed by atoms with Gasteiger partial charge in [0, 0.05) is 15.5 Å². The van der Waals surface area contributed by atoms with Crippen molar-refractivity contribution in [1.82, 2.24) is 4.57 Å². The Morgan fingerprint density at radius 1 is 1.00 bits per heavy atom. The Bertz CT molecular complexity index is 1280. The number of halogens is 1. The topological polar surface area (TPSA) is 61.9 Å². The van der Waals surface area contributed by atoms with Gasteiger partial charge in [-0.15, -0.1) is 10.2 Å². The Kier molecular flexibility index (Phi) is 6.15. The molecule has 0 atom stereocenters. The van der Waals surface area contributed by atoms with Gasteiger partial charge >= 0.3 is 0 Å². The highest BCUT2D eigenvalue weighted by atomic mass is 79.9. The van der Waals surface area contributed by atoms with E-state index in [0.717, 1.165) is 32.2 Å². The van der Waals surface area contributed by atoms with Crippen molar-refractivity contribution in [2.24, 2.45) is 10.2 Å². The summed E-state index contributed by atoms with van der Waals surface area (Å²) in [6, 6.07) is 21.9. The monoisotopic (exact) mass is 492 g/mol. The van der Waals surface area contributed by atoms with Crippen LogP contribution in [0, 0.1) is 13.8 Å². The summed E-state index contributed by atoms with van der Waals surface area (Å²) in [5.74, 6) is 0.0514. The first-order valence-corrected chi connectivity index (χ1v) is 11.0. The van der Waals surface area contributed by atoms with Crippen LogP contribution >= 0.6 is 28.1 Å². The maximum absolute atomic E-state index is 11.0. The normalized spacial score (nSPS) is 11.3. The molecular formula is C24H21BrN4OS. The van der Waals surface area contributed by atoms with Crippen molar-refractivity contribution in [2.45, 2.75) is 20.4 Å². The number of aromatic hydroxyl groups is 1. The van der Waals surface area contributed by atoms with E-state index < -0.39 is 0 Å². The fourth-order valence-corrected chi connectivity index (χ4v) is 3.83. The molecular weight excluding hydrogens is 472 g/mol. The number of rotatable bonds is 4. The van der Waals surface area contributed by atoms with Crippen LogP contribution in [0.3, 0.4) is 0 Å². The highest BCUT2D eigenvalue weighted by molar-refractivity contribution is 9.10. The Labute approximate surface area is 194 Å². The largest absolute Gasteiger partial charge is 0.493 e. The average Bonchev–Trinajstić information content (AvgIpc) is 3.00. The summed E-state index contributed by atoms with van der Waals surface area (Å²) in [5.41, 5.74) is 5.53. The smallest absolute Gasteiger partial charge is 0.221 e. The third-order valence-electron chi connectivity index (χ3n) is 4.98. The number of aryl methyl sites for hydroxylation is 2. The lowest BCUT2D eigenvalue weighted by Crippen LogP contribution is -2.04. The van der Waals surface area contributed by atoms with E-state index in [0.29, 0.717) is 12.2 Å². The van der Waals surface area contributed by atoms with Crippen molar-refractivity contribution in [3.63, 3.8) is 0 Å². The van der Waals surface area contributed by atoms with E-state index in [1.165, 1.54) is 5.56 Å². The van der Waals surface area contributed by atoms with Crippen LogP contribution in [0.5, 0.6) is 5.88 Å². The summed E-state index contributed by atoms with van der Waals surface area (Å²) in [6.45, 7) is 4.59. The van der Waals surface area contributed by atoms with Crippen molar-refractivity contribution >= 4 is 55.5 Å². The van der Waals surface area contributed by atoms with Crippen LogP contribution in [-0.4, -0.2) is 14.8 Å². The van der Waals surface area contributed by atoms with Gasteiger partial charge in [-0.25, -0.2) is 0 Å². The molecule has 1 aromatic heterocycles. The molecule has 1 heterocycles. The molecule has 156 valence electrons. The summed E-state index contributed by atoms with van der Waals surface area (Å²) in [5, 5.41) is 23.5. The van der Waals surface area contributed by atoms with Crippen molar-refractivity contribution in [2.75, 3.05) is 5.32 Å². The number of thiocarbonyl (C=S) groups is 1. The Hall–Kier alpha value is -3.03. The van der Waals surface area contributed by atoms with Gasteiger partial charge in [0.15, 0.2) is 5.69 Å². The predicted molar refractivity (Wildman–Crippen MR) is 133 cm³/mol. The van der Waals surface area contributed by atoms with Crippen LogP contribution in [0.25, 0.3) is 10.9 Å². The van der Waals surface area contributed by atoms with Crippen LogP contribution in [0.1, 0.15) is 16.7 Å². The summed E-state index contributed by atoms with van der Waals surface area (Å²) in [7, 11) is 0. The summed E-state index contributed by atoms with van der Waals surface area (Å²) >= 11 is 8.82. The number of aromatic nitrogens is 1. The van der Waals surface area contributed by atoms with E-state index in [2.05, 4.69) is 62.7 Å². The first-order chi connectivity index (χ1) is 14.9. The molecule has 0 aliphatic heterocycles. The molecule has 0 fully saturated rings. The minimum Gasteiger partial charge on any atom is -0.493 e. The van der Waals surface area contributed by atoms with Crippen LogP contribution in [0.4, 0.5) is 11.4 Å². The zero-order chi connectivity index (χ0) is 22.0. The number of hydrogen-bond acceptors (Lipinski definition) is 3. The number of benzene rings is 3. The molecule has 0 radical (unpaired) electrons. The van der Waals surface area contributed by atoms with Crippen molar-refractivity contribution in [3.8, 4) is 5.88 Å². The highest BCUT2D eigenvalue weighted by Gasteiger charge is 2.17. The molecule has 7 heteroatoms. The van der Waals surface area contributed by atoms with Gasteiger partial charge in [-0.1, -0.05) is 63.5 Å². The second-order valence-corrected chi connectivity index (χ2v) is 8.70. The Morgan fingerprint density at radius 2 is 1.65 bits per heavy atom. The number of fused-ring (bicyclic) bond motifs is 1. The van der Waals surface area contributed by atoms with Crippen molar-refractivity contribution in [3.05, 3.63) is 87.9 Å². The molecule has 31 heavy (non-hydrogen) atoms. The third kappa shape index (κ3) is 4.84. The number of azo groups is 1. The molecule has 0 aliphatic carbocycles. The van der Waals surface area contributed by atoms with E-state index in [1.807, 2.05) is 54.0 Å². The van der Waals surface area contributed by atoms with Gasteiger partial charge in [0.05, 0.1) is 12.1 Å². The molecule has 3 aromatic carbocycles. The van der Waals surface area contributed by atoms with E-state index in [-0.39, 0.29) is 11.0 Å². The van der Waals surface area contributed by atoms with Crippen LogP contribution in [0.2, 0.25) is 0 Å². The first kappa shape index (κ1) is 21.2. The molecule has 4 rings (SSSR count). The quantitative estimate of drug-likeness (QED) is 0.232. The predicted octanol–water partition coefficient (Wildman–Crippen LogP) is 7.26. The zero-order valence-electron chi connectivity index (χ0n) is 17.1. The second kappa shape index (κ2) is 8.99. The van der Waals surface area contributed by atoms with Gasteiger partial charge < -0.3 is 15.0 Å². The van der Waals surface area contributed by atoms with Crippen LogP contribution in [0.15, 0.2) is 81.4 Å². The first-order valence-electron chi connectivity index (χ1n) is 9.76. The number of nitrogens with one attached hydrogen (secondary N) is 1.